The van der Waals surface area contributed by atoms with Crippen LogP contribution >= 0.6 is 22.6 Å². The molecule has 0 aromatic heterocycles. The Kier molecular flexibility index (Phi) is 7.44. The van der Waals surface area contributed by atoms with Crippen LogP contribution in [-0.4, -0.2) is 49.2 Å². The van der Waals surface area contributed by atoms with Gasteiger partial charge in [0.05, 0.1) is 11.3 Å². The number of urea groups is 1. The number of unbranched alkanes of at least 4 members (excludes halogenated alkanes) is 1. The zero-order valence-electron chi connectivity index (χ0n) is 12.1. The van der Waals surface area contributed by atoms with Gasteiger partial charge in [0.1, 0.15) is 0 Å². The summed E-state index contributed by atoms with van der Waals surface area (Å²) in [5, 5.41) is 14.4. The van der Waals surface area contributed by atoms with Gasteiger partial charge >= 0.3 is 12.0 Å². The Morgan fingerprint density at radius 1 is 1.29 bits per heavy atom. The fourth-order valence-electron chi connectivity index (χ4n) is 1.72. The lowest BCUT2D eigenvalue weighted by molar-refractivity contribution is 0.0698. The number of hydrogen-bond acceptors (Lipinski definition) is 3. The van der Waals surface area contributed by atoms with E-state index in [2.05, 4.69) is 15.5 Å². The molecule has 0 bridgehead atoms. The monoisotopic (exact) mass is 405 g/mol. The summed E-state index contributed by atoms with van der Waals surface area (Å²) in [7, 11) is 4.01. The van der Waals surface area contributed by atoms with Crippen LogP contribution in [-0.2, 0) is 0 Å². The molecule has 1 aromatic carbocycles. The van der Waals surface area contributed by atoms with Crippen LogP contribution in [0.2, 0.25) is 0 Å². The largest absolute Gasteiger partial charge is 0.478 e. The summed E-state index contributed by atoms with van der Waals surface area (Å²) >= 11 is 2.03. The Bertz CT molecular complexity index is 506. The molecule has 0 saturated heterocycles. The second kappa shape index (κ2) is 8.83. The van der Waals surface area contributed by atoms with Crippen molar-refractivity contribution in [3.05, 3.63) is 27.3 Å². The number of carboxylic acids is 1. The number of carbonyl (C=O) groups is 2. The highest BCUT2D eigenvalue weighted by Gasteiger charge is 2.12. The third-order valence-corrected chi connectivity index (χ3v) is 3.45. The Balaban J connectivity index is 2.46. The van der Waals surface area contributed by atoms with Crippen LogP contribution in [0.15, 0.2) is 18.2 Å². The molecule has 0 atom stereocenters. The lowest BCUT2D eigenvalue weighted by Crippen LogP contribution is -2.30. The zero-order valence-corrected chi connectivity index (χ0v) is 14.3. The fraction of sp³-hybridized carbons (Fsp3) is 0.429. The molecule has 21 heavy (non-hydrogen) atoms. The van der Waals surface area contributed by atoms with E-state index in [4.69, 9.17) is 5.11 Å². The Morgan fingerprint density at radius 3 is 2.62 bits per heavy atom. The van der Waals surface area contributed by atoms with E-state index in [1.807, 2.05) is 36.7 Å². The van der Waals surface area contributed by atoms with Crippen LogP contribution in [0.25, 0.3) is 0 Å². The number of anilines is 1. The normalized spacial score (nSPS) is 10.5. The van der Waals surface area contributed by atoms with Gasteiger partial charge in [-0.05, 0) is 74.3 Å². The minimum absolute atomic E-state index is 0.0876. The SMILES string of the molecule is CN(C)CCCCNC(=O)Nc1ccc(I)cc1C(=O)O. The number of nitrogens with zero attached hydrogens (tertiary/aromatic N) is 1. The molecule has 0 unspecified atom stereocenters. The lowest BCUT2D eigenvalue weighted by atomic mass is 10.2. The Morgan fingerprint density at radius 2 is 2.00 bits per heavy atom. The van der Waals surface area contributed by atoms with E-state index in [0.717, 1.165) is 23.0 Å². The van der Waals surface area contributed by atoms with E-state index < -0.39 is 5.97 Å². The first-order valence-corrected chi connectivity index (χ1v) is 7.70. The number of nitrogens with one attached hydrogen (secondary N) is 2. The van der Waals surface area contributed by atoms with Crippen molar-refractivity contribution in [1.29, 1.82) is 0 Å². The second-order valence-electron chi connectivity index (χ2n) is 4.89. The van der Waals surface area contributed by atoms with Gasteiger partial charge in [0.2, 0.25) is 0 Å². The van der Waals surface area contributed by atoms with Gasteiger partial charge in [0.15, 0.2) is 0 Å². The van der Waals surface area contributed by atoms with Gasteiger partial charge in [-0.25, -0.2) is 9.59 Å². The first kappa shape index (κ1) is 17.7. The van der Waals surface area contributed by atoms with E-state index in [0.29, 0.717) is 12.2 Å². The smallest absolute Gasteiger partial charge is 0.337 e. The van der Waals surface area contributed by atoms with Crippen molar-refractivity contribution in [3.8, 4) is 0 Å². The molecule has 6 nitrogen and oxygen atoms in total. The molecule has 1 rings (SSSR count). The topological polar surface area (TPSA) is 81.7 Å². The van der Waals surface area contributed by atoms with Crippen LogP contribution < -0.4 is 10.6 Å². The van der Waals surface area contributed by atoms with E-state index in [1.165, 1.54) is 6.07 Å². The predicted octanol–water partition coefficient (Wildman–Crippen LogP) is 2.45. The van der Waals surface area contributed by atoms with Crippen molar-refractivity contribution < 1.29 is 14.7 Å². The maximum Gasteiger partial charge on any atom is 0.337 e. The van der Waals surface area contributed by atoms with Crippen molar-refractivity contribution in [1.82, 2.24) is 10.2 Å². The van der Waals surface area contributed by atoms with E-state index in [1.54, 1.807) is 12.1 Å². The summed E-state index contributed by atoms with van der Waals surface area (Å²) in [6.45, 7) is 1.54. The molecular formula is C14H20IN3O3. The van der Waals surface area contributed by atoms with Crippen LogP contribution in [0, 0.1) is 3.57 Å². The fourth-order valence-corrected chi connectivity index (χ4v) is 2.22. The maximum atomic E-state index is 11.7. The molecule has 0 aliphatic heterocycles. The van der Waals surface area contributed by atoms with Gasteiger partial charge in [-0.2, -0.15) is 0 Å². The van der Waals surface area contributed by atoms with Crippen molar-refractivity contribution >= 4 is 40.3 Å². The summed E-state index contributed by atoms with van der Waals surface area (Å²) in [5.74, 6) is -1.06. The summed E-state index contributed by atoms with van der Waals surface area (Å²) in [6.07, 6.45) is 1.88. The van der Waals surface area contributed by atoms with Crippen molar-refractivity contribution in [2.24, 2.45) is 0 Å². The number of rotatable bonds is 7. The van der Waals surface area contributed by atoms with E-state index in [-0.39, 0.29) is 11.6 Å². The van der Waals surface area contributed by atoms with Crippen LogP contribution in [0.4, 0.5) is 10.5 Å². The minimum Gasteiger partial charge on any atom is -0.478 e. The third-order valence-electron chi connectivity index (χ3n) is 2.78. The first-order valence-electron chi connectivity index (χ1n) is 6.62. The second-order valence-corrected chi connectivity index (χ2v) is 6.13. The van der Waals surface area contributed by atoms with Crippen molar-refractivity contribution in [2.45, 2.75) is 12.8 Å². The van der Waals surface area contributed by atoms with Crippen LogP contribution in [0.1, 0.15) is 23.2 Å². The van der Waals surface area contributed by atoms with Crippen LogP contribution in [0.5, 0.6) is 0 Å². The molecule has 2 amide bonds. The highest BCUT2D eigenvalue weighted by Crippen LogP contribution is 2.18. The first-order chi connectivity index (χ1) is 9.90. The number of carboxylic acid groups (broad SMARTS) is 1. The summed E-state index contributed by atoms with van der Waals surface area (Å²) < 4.78 is 0.805. The van der Waals surface area contributed by atoms with E-state index >= 15 is 0 Å². The molecule has 0 fully saturated rings. The molecule has 0 spiro atoms. The molecule has 0 radical (unpaired) electrons. The van der Waals surface area contributed by atoms with Gasteiger partial charge in [0.25, 0.3) is 0 Å². The summed E-state index contributed by atoms with van der Waals surface area (Å²) in [5.41, 5.74) is 0.387. The number of amides is 2. The Labute approximate surface area is 138 Å². The summed E-state index contributed by atoms with van der Waals surface area (Å²) in [4.78, 5) is 25.0. The number of halogens is 1. The average molecular weight is 405 g/mol. The molecule has 3 N–H and O–H groups in total. The molecule has 0 aliphatic carbocycles. The molecule has 1 aromatic rings. The van der Waals surface area contributed by atoms with Crippen molar-refractivity contribution in [2.75, 3.05) is 32.5 Å². The van der Waals surface area contributed by atoms with Crippen LogP contribution in [0.3, 0.4) is 0 Å². The number of aromatic carboxylic acids is 1. The van der Waals surface area contributed by atoms with Gasteiger partial charge in [-0.15, -0.1) is 0 Å². The number of benzene rings is 1. The molecule has 0 heterocycles. The van der Waals surface area contributed by atoms with Gasteiger partial charge < -0.3 is 20.6 Å². The van der Waals surface area contributed by atoms with Gasteiger partial charge in [-0.3, -0.25) is 0 Å². The van der Waals surface area contributed by atoms with Gasteiger partial charge in [0, 0.05) is 10.1 Å². The minimum atomic E-state index is -1.06. The van der Waals surface area contributed by atoms with E-state index in [9.17, 15) is 9.59 Å². The highest BCUT2D eigenvalue weighted by molar-refractivity contribution is 14.1. The van der Waals surface area contributed by atoms with Gasteiger partial charge in [-0.1, -0.05) is 0 Å². The highest BCUT2D eigenvalue weighted by atomic mass is 127. The number of hydrogen-bond donors (Lipinski definition) is 3. The predicted molar refractivity (Wildman–Crippen MR) is 90.9 cm³/mol. The molecule has 116 valence electrons. The molecular weight excluding hydrogens is 385 g/mol. The number of carbonyl (C=O) groups excluding carboxylic acids is 1. The summed E-state index contributed by atoms with van der Waals surface area (Å²) in [6, 6.07) is 4.48. The molecule has 0 saturated carbocycles. The third kappa shape index (κ3) is 6.76. The standard InChI is InChI=1S/C14H20IN3O3/c1-18(2)8-4-3-7-16-14(21)17-12-6-5-10(15)9-11(12)13(19)20/h5-6,9H,3-4,7-8H2,1-2H3,(H,19,20)(H2,16,17,21). The molecule has 7 heteroatoms. The molecule has 0 aliphatic rings. The average Bonchev–Trinajstić information content (AvgIpc) is 2.39. The lowest BCUT2D eigenvalue weighted by Gasteiger charge is -2.11. The van der Waals surface area contributed by atoms with Crippen molar-refractivity contribution in [3.63, 3.8) is 0 Å². The zero-order chi connectivity index (χ0) is 15.8. The maximum absolute atomic E-state index is 11.7. The Hall–Kier alpha value is -1.35. The quantitative estimate of drug-likeness (QED) is 0.481.